The van der Waals surface area contributed by atoms with Gasteiger partial charge in [0.15, 0.2) is 0 Å². The molecule has 2 N–H and O–H groups in total. The van der Waals surface area contributed by atoms with Crippen LogP contribution in [0.2, 0.25) is 0 Å². The van der Waals surface area contributed by atoms with E-state index in [9.17, 15) is 10.5 Å². The monoisotopic (exact) mass is 733 g/mol. The molecule has 0 unspecified atom stereocenters. The van der Waals surface area contributed by atoms with Gasteiger partial charge in [0.05, 0.1) is 17.1 Å². The Bertz CT molecular complexity index is 2720. The maximum atomic E-state index is 9.52. The van der Waals surface area contributed by atoms with Crippen LogP contribution in [0.4, 0.5) is 0 Å². The highest BCUT2D eigenvalue weighted by Crippen LogP contribution is 2.59. The third kappa shape index (κ3) is 6.78. The summed E-state index contributed by atoms with van der Waals surface area (Å²) in [6, 6.07) is 52.1. The van der Waals surface area contributed by atoms with Gasteiger partial charge in [-0.3, -0.25) is 0 Å². The maximum absolute atomic E-state index is 9.52. The van der Waals surface area contributed by atoms with Crippen LogP contribution in [-0.2, 0) is 5.41 Å². The Balaban J connectivity index is 1.56. The second-order valence-electron chi connectivity index (χ2n) is 14.3. The Morgan fingerprint density at radius 1 is 0.649 bits per heavy atom. The van der Waals surface area contributed by atoms with Crippen molar-refractivity contribution in [3.8, 4) is 45.5 Å². The van der Waals surface area contributed by atoms with Gasteiger partial charge in [0, 0.05) is 11.8 Å². The fourth-order valence-corrected chi connectivity index (χ4v) is 8.31. The molecule has 3 nitrogen and oxygen atoms in total. The van der Waals surface area contributed by atoms with Crippen LogP contribution >= 0.6 is 0 Å². The van der Waals surface area contributed by atoms with Crippen LogP contribution in [0.15, 0.2) is 182 Å². The lowest BCUT2D eigenvalue weighted by molar-refractivity contribution is 0.769. The molecule has 274 valence electrons. The molecule has 0 spiro atoms. The van der Waals surface area contributed by atoms with E-state index in [-0.39, 0.29) is 0 Å². The minimum atomic E-state index is -0.681. The van der Waals surface area contributed by atoms with Gasteiger partial charge in [-0.25, -0.2) is 0 Å². The molecule has 0 heterocycles. The molecule has 0 amide bonds. The van der Waals surface area contributed by atoms with Gasteiger partial charge in [0.25, 0.3) is 0 Å². The molecule has 1 aliphatic rings. The molecule has 6 aromatic rings. The Morgan fingerprint density at radius 2 is 1.28 bits per heavy atom. The highest BCUT2D eigenvalue weighted by Gasteiger charge is 2.47. The fraction of sp³-hybridized carbons (Fsp3) is 0.0741. The molecule has 57 heavy (non-hydrogen) atoms. The van der Waals surface area contributed by atoms with Gasteiger partial charge in [-0.15, -0.1) is 0 Å². The normalized spacial score (nSPS) is 13.4. The van der Waals surface area contributed by atoms with Gasteiger partial charge in [-0.1, -0.05) is 141 Å². The van der Waals surface area contributed by atoms with Crippen LogP contribution in [0.1, 0.15) is 65.3 Å². The number of nitrogens with two attached hydrogens (primary N) is 1. The van der Waals surface area contributed by atoms with E-state index in [1.54, 1.807) is 6.92 Å². The number of allylic oxidation sites excluding steroid dienone is 7. The van der Waals surface area contributed by atoms with Crippen LogP contribution in [0, 0.1) is 22.7 Å². The lowest BCUT2D eigenvalue weighted by atomic mass is 9.66. The number of nitrogens with zero attached hydrogens (tertiary/aromatic N) is 2. The average Bonchev–Trinajstić information content (AvgIpc) is 3.55. The smallest absolute Gasteiger partial charge is 0.101 e. The molecule has 0 aliphatic heterocycles. The Labute approximate surface area is 336 Å². The Hall–Kier alpha value is -7.46. The van der Waals surface area contributed by atoms with Gasteiger partial charge in [-0.05, 0) is 146 Å². The first-order chi connectivity index (χ1) is 27.8. The molecule has 0 bridgehead atoms. The van der Waals surface area contributed by atoms with Crippen molar-refractivity contribution < 1.29 is 0 Å². The Kier molecular flexibility index (Phi) is 10.7. The highest BCUT2D eigenvalue weighted by atomic mass is 14.5. The van der Waals surface area contributed by atoms with Gasteiger partial charge >= 0.3 is 0 Å². The molecule has 0 radical (unpaired) electrons. The number of benzene rings is 6. The van der Waals surface area contributed by atoms with Crippen LogP contribution < -0.4 is 5.73 Å². The van der Waals surface area contributed by atoms with Gasteiger partial charge in [-0.2, -0.15) is 10.5 Å². The third-order valence-electron chi connectivity index (χ3n) is 10.9. The predicted molar refractivity (Wildman–Crippen MR) is 239 cm³/mol. The summed E-state index contributed by atoms with van der Waals surface area (Å²) in [6.07, 6.45) is 11.3. The Morgan fingerprint density at radius 3 is 1.89 bits per heavy atom. The van der Waals surface area contributed by atoms with E-state index in [2.05, 4.69) is 172 Å². The third-order valence-corrected chi connectivity index (χ3v) is 10.9. The highest BCUT2D eigenvalue weighted by molar-refractivity contribution is 5.98. The van der Waals surface area contributed by atoms with Crippen molar-refractivity contribution >= 4 is 23.3 Å². The molecule has 6 aromatic carbocycles. The van der Waals surface area contributed by atoms with E-state index in [1.807, 2.05) is 31.2 Å². The lowest BCUT2D eigenvalue weighted by Crippen LogP contribution is -2.28. The summed E-state index contributed by atoms with van der Waals surface area (Å²) in [4.78, 5) is 0. The van der Waals surface area contributed by atoms with Crippen molar-refractivity contribution in [1.29, 1.82) is 10.5 Å². The minimum Gasteiger partial charge on any atom is -0.404 e. The van der Waals surface area contributed by atoms with Crippen LogP contribution in [-0.4, -0.2) is 0 Å². The maximum Gasteiger partial charge on any atom is 0.101 e. The summed E-state index contributed by atoms with van der Waals surface area (Å²) in [5, 5.41) is 19.0. The molecular weight excluding hydrogens is 691 g/mol. The number of hydrogen-bond donors (Lipinski definition) is 1. The number of hydrogen-bond acceptors (Lipinski definition) is 3. The quantitative estimate of drug-likeness (QED) is 0.112. The fourth-order valence-electron chi connectivity index (χ4n) is 8.31. The van der Waals surface area contributed by atoms with E-state index < -0.39 is 5.41 Å². The zero-order valence-electron chi connectivity index (χ0n) is 32.6. The molecule has 0 saturated carbocycles. The standard InChI is InChI=1S/C54H43N3/c1-6-16-48-47(7-2)53-49-26-25-43(42-19-14-17-40(29-42)38(5)28-39(34-56)35-57)31-51(49)54(45-21-10-8-11-22-45,46-23-12-9-13-24-46)52(53)32-50(48)44-20-15-18-41(30-44)37(4)27-36(3)33-55/h6-32,34H,2,4,56H2,1,3,5H3/b16-6-,36-27+,38-28+,39-34+. The van der Waals surface area contributed by atoms with Crippen molar-refractivity contribution in [1.82, 2.24) is 0 Å². The van der Waals surface area contributed by atoms with Crippen molar-refractivity contribution in [3.63, 3.8) is 0 Å². The molecule has 0 atom stereocenters. The minimum absolute atomic E-state index is 0.418. The molecular formula is C54H43N3. The first-order valence-corrected chi connectivity index (χ1v) is 19.0. The number of nitriles is 2. The molecule has 0 fully saturated rings. The zero-order chi connectivity index (χ0) is 40.1. The summed E-state index contributed by atoms with van der Waals surface area (Å²) in [5.41, 5.74) is 23.2. The van der Waals surface area contributed by atoms with Gasteiger partial charge in [0.2, 0.25) is 0 Å². The topological polar surface area (TPSA) is 73.6 Å². The summed E-state index contributed by atoms with van der Waals surface area (Å²) in [5.74, 6) is 0. The molecule has 3 heteroatoms. The second-order valence-corrected chi connectivity index (χ2v) is 14.3. The summed E-state index contributed by atoms with van der Waals surface area (Å²) < 4.78 is 0. The summed E-state index contributed by atoms with van der Waals surface area (Å²) in [6.45, 7) is 14.6. The molecule has 0 aromatic heterocycles. The number of fused-ring (bicyclic) bond motifs is 3. The largest absolute Gasteiger partial charge is 0.404 e. The van der Waals surface area contributed by atoms with Crippen molar-refractivity contribution in [3.05, 3.63) is 227 Å². The van der Waals surface area contributed by atoms with Crippen molar-refractivity contribution in [2.24, 2.45) is 5.73 Å². The van der Waals surface area contributed by atoms with Crippen molar-refractivity contribution in [2.45, 2.75) is 26.2 Å². The van der Waals surface area contributed by atoms with E-state index in [0.29, 0.717) is 11.1 Å². The molecule has 0 saturated heterocycles. The summed E-state index contributed by atoms with van der Waals surface area (Å²) in [7, 11) is 0. The van der Waals surface area contributed by atoms with E-state index in [0.717, 1.165) is 77.9 Å². The average molecular weight is 734 g/mol. The summed E-state index contributed by atoms with van der Waals surface area (Å²) >= 11 is 0. The SMILES string of the molecule is C=Cc1c(/C=C\C)c(-c2cccc(C(=C)/C=C(\C)C#N)c2)cc2c1-c1ccc(-c3cccc(/C(C)=C/C(C#N)=C\N)c3)cc1C2(c1ccccc1)c1ccccc1. The van der Waals surface area contributed by atoms with Crippen LogP contribution in [0.25, 0.3) is 56.7 Å². The van der Waals surface area contributed by atoms with Gasteiger partial charge < -0.3 is 5.73 Å². The molecule has 1 aliphatic carbocycles. The van der Waals surface area contributed by atoms with Crippen LogP contribution in [0.3, 0.4) is 0 Å². The van der Waals surface area contributed by atoms with E-state index in [4.69, 9.17) is 5.73 Å². The van der Waals surface area contributed by atoms with Gasteiger partial charge in [0.1, 0.15) is 6.07 Å². The first-order valence-electron chi connectivity index (χ1n) is 19.0. The van der Waals surface area contributed by atoms with Crippen molar-refractivity contribution in [2.75, 3.05) is 0 Å². The van der Waals surface area contributed by atoms with E-state index >= 15 is 0 Å². The van der Waals surface area contributed by atoms with Crippen LogP contribution in [0.5, 0.6) is 0 Å². The zero-order valence-corrected chi connectivity index (χ0v) is 32.6. The second kappa shape index (κ2) is 16.1. The first kappa shape index (κ1) is 37.8. The predicted octanol–water partition coefficient (Wildman–Crippen LogP) is 13.3. The number of rotatable bonds is 10. The lowest BCUT2D eigenvalue weighted by Gasteiger charge is -2.34. The van der Waals surface area contributed by atoms with E-state index in [1.165, 1.54) is 17.3 Å². The molecule has 7 rings (SSSR count).